The van der Waals surface area contributed by atoms with Crippen LogP contribution in [0.1, 0.15) is 27.2 Å². The lowest BCUT2D eigenvalue weighted by Gasteiger charge is -2.38. The first kappa shape index (κ1) is 21.4. The zero-order chi connectivity index (χ0) is 21.9. The van der Waals surface area contributed by atoms with Crippen molar-refractivity contribution in [3.05, 3.63) is 65.3 Å². The summed E-state index contributed by atoms with van der Waals surface area (Å²) in [6, 6.07) is 10.8. The summed E-state index contributed by atoms with van der Waals surface area (Å²) < 4.78 is 1.47. The Labute approximate surface area is 173 Å². The Hall–Kier alpha value is -3.30. The first-order valence-electron chi connectivity index (χ1n) is 9.50. The summed E-state index contributed by atoms with van der Waals surface area (Å²) in [5.74, 6) is -0.702. The van der Waals surface area contributed by atoms with Crippen molar-refractivity contribution in [3.63, 3.8) is 0 Å². The van der Waals surface area contributed by atoms with E-state index in [1.807, 2.05) is 30.3 Å². The molecule has 0 aliphatic heterocycles. The minimum atomic E-state index is -1.39. The minimum absolute atomic E-state index is 0.160. The molecular weight excluding hydrogens is 386 g/mol. The van der Waals surface area contributed by atoms with Gasteiger partial charge in [-0.3, -0.25) is 14.8 Å². The van der Waals surface area contributed by atoms with Crippen molar-refractivity contribution in [3.8, 4) is 16.8 Å². The maximum Gasteiger partial charge on any atom is 0.252 e. The number of hydrogen-bond donors (Lipinski definition) is 3. The van der Waals surface area contributed by atoms with E-state index in [9.17, 15) is 14.7 Å². The fraction of sp³-hybridized carbons (Fsp3) is 0.333. The lowest BCUT2D eigenvalue weighted by Crippen LogP contribution is -2.52. The van der Waals surface area contributed by atoms with Crippen LogP contribution in [0.5, 0.6) is 0 Å². The predicted octanol–water partition coefficient (Wildman–Crippen LogP) is 1.77. The monoisotopic (exact) mass is 411 g/mol. The standard InChI is InChI=1S/C21H25N5O4/c1-20(2,29)21(3,19(28)24-30)9-13-25-12-8-16(14-18(25)27)15-4-6-17(7-5-15)26-22-10-11-23-26/h4-8,10-12,14,29-30H,9,13H2,1-3H3,(H,24,28). The number of hydrogen-bond acceptors (Lipinski definition) is 6. The molecule has 0 bridgehead atoms. The highest BCUT2D eigenvalue weighted by Crippen LogP contribution is 2.35. The van der Waals surface area contributed by atoms with Crippen molar-refractivity contribution in [2.24, 2.45) is 5.41 Å². The molecule has 1 aromatic carbocycles. The molecule has 3 aromatic rings. The molecule has 0 aliphatic rings. The van der Waals surface area contributed by atoms with Gasteiger partial charge in [0.1, 0.15) is 0 Å². The van der Waals surface area contributed by atoms with Gasteiger partial charge < -0.3 is 9.67 Å². The van der Waals surface area contributed by atoms with E-state index < -0.39 is 16.9 Å². The molecule has 3 N–H and O–H groups in total. The van der Waals surface area contributed by atoms with E-state index in [4.69, 9.17) is 5.21 Å². The smallest absolute Gasteiger partial charge is 0.252 e. The van der Waals surface area contributed by atoms with E-state index >= 15 is 0 Å². The molecule has 1 atom stereocenters. The summed E-state index contributed by atoms with van der Waals surface area (Å²) in [5, 5.41) is 27.6. The van der Waals surface area contributed by atoms with Crippen molar-refractivity contribution in [1.29, 1.82) is 0 Å². The molecule has 0 saturated heterocycles. The van der Waals surface area contributed by atoms with Crippen LogP contribution in [0, 0.1) is 5.41 Å². The molecule has 158 valence electrons. The maximum absolute atomic E-state index is 12.6. The lowest BCUT2D eigenvalue weighted by molar-refractivity contribution is -0.154. The number of pyridine rings is 1. The molecule has 3 rings (SSSR count). The number of nitrogens with one attached hydrogen (secondary N) is 1. The van der Waals surface area contributed by atoms with E-state index in [1.165, 1.54) is 29.3 Å². The number of hydroxylamine groups is 1. The van der Waals surface area contributed by atoms with Crippen LogP contribution in [0.4, 0.5) is 0 Å². The average Bonchev–Trinajstić information content (AvgIpc) is 3.26. The zero-order valence-electron chi connectivity index (χ0n) is 17.1. The molecule has 9 nitrogen and oxygen atoms in total. The lowest BCUT2D eigenvalue weighted by atomic mass is 9.72. The van der Waals surface area contributed by atoms with Crippen LogP contribution < -0.4 is 11.0 Å². The van der Waals surface area contributed by atoms with Crippen LogP contribution in [-0.4, -0.2) is 41.4 Å². The highest BCUT2D eigenvalue weighted by molar-refractivity contribution is 5.82. The third-order valence-corrected chi connectivity index (χ3v) is 5.65. The summed E-state index contributed by atoms with van der Waals surface area (Å²) in [5.41, 5.74) is 1.15. The molecule has 0 radical (unpaired) electrons. The molecule has 9 heteroatoms. The normalized spacial score (nSPS) is 13.6. The second-order valence-corrected chi connectivity index (χ2v) is 7.89. The van der Waals surface area contributed by atoms with Crippen LogP contribution in [0.15, 0.2) is 59.8 Å². The van der Waals surface area contributed by atoms with Gasteiger partial charge in [-0.05, 0) is 56.5 Å². The van der Waals surface area contributed by atoms with Crippen LogP contribution in [0.25, 0.3) is 16.8 Å². The number of nitrogens with zero attached hydrogens (tertiary/aromatic N) is 4. The molecule has 2 heterocycles. The number of rotatable bonds is 7. The zero-order valence-corrected chi connectivity index (χ0v) is 17.1. The Morgan fingerprint density at radius 1 is 1.07 bits per heavy atom. The van der Waals surface area contributed by atoms with Gasteiger partial charge in [-0.25, -0.2) is 5.48 Å². The number of carbonyl (C=O) groups excluding carboxylic acids is 1. The van der Waals surface area contributed by atoms with Crippen LogP contribution in [-0.2, 0) is 11.3 Å². The first-order chi connectivity index (χ1) is 14.2. The van der Waals surface area contributed by atoms with Crippen molar-refractivity contribution in [2.45, 2.75) is 39.3 Å². The summed E-state index contributed by atoms with van der Waals surface area (Å²) in [7, 11) is 0. The van der Waals surface area contributed by atoms with Gasteiger partial charge in [0.25, 0.3) is 11.5 Å². The third kappa shape index (κ3) is 4.17. The fourth-order valence-electron chi connectivity index (χ4n) is 3.17. The number of aliphatic hydroxyl groups is 1. The third-order valence-electron chi connectivity index (χ3n) is 5.65. The maximum atomic E-state index is 12.6. The molecule has 0 spiro atoms. The van der Waals surface area contributed by atoms with Gasteiger partial charge in [0.2, 0.25) is 0 Å². The van der Waals surface area contributed by atoms with E-state index in [0.717, 1.165) is 16.8 Å². The Kier molecular flexibility index (Phi) is 5.86. The average molecular weight is 411 g/mol. The first-order valence-corrected chi connectivity index (χ1v) is 9.50. The summed E-state index contributed by atoms with van der Waals surface area (Å²) >= 11 is 0. The Balaban J connectivity index is 1.78. The molecular formula is C21H25N5O4. The van der Waals surface area contributed by atoms with Gasteiger partial charge in [-0.2, -0.15) is 15.0 Å². The van der Waals surface area contributed by atoms with Gasteiger partial charge >= 0.3 is 0 Å². The quantitative estimate of drug-likeness (QED) is 0.402. The SMILES string of the molecule is CC(C)(O)C(C)(CCn1ccc(-c2ccc(-n3nccn3)cc2)cc1=O)C(=O)NO. The van der Waals surface area contributed by atoms with Crippen LogP contribution in [0.2, 0.25) is 0 Å². The number of benzene rings is 1. The Bertz CT molecular complexity index is 1070. The molecule has 0 fully saturated rings. The van der Waals surface area contributed by atoms with Gasteiger partial charge in [-0.1, -0.05) is 12.1 Å². The number of carbonyl (C=O) groups is 1. The van der Waals surface area contributed by atoms with Crippen molar-refractivity contribution < 1.29 is 15.1 Å². The van der Waals surface area contributed by atoms with Crippen LogP contribution in [0.3, 0.4) is 0 Å². The second-order valence-electron chi connectivity index (χ2n) is 7.89. The molecule has 2 aromatic heterocycles. The van der Waals surface area contributed by atoms with Crippen molar-refractivity contribution >= 4 is 5.91 Å². The summed E-state index contributed by atoms with van der Waals surface area (Å²) in [6.45, 7) is 4.75. The number of amides is 1. The van der Waals surface area contributed by atoms with Crippen molar-refractivity contribution in [1.82, 2.24) is 25.0 Å². The van der Waals surface area contributed by atoms with Crippen LogP contribution >= 0.6 is 0 Å². The largest absolute Gasteiger partial charge is 0.389 e. The Morgan fingerprint density at radius 2 is 1.70 bits per heavy atom. The summed E-state index contributed by atoms with van der Waals surface area (Å²) in [6.07, 6.45) is 5.01. The van der Waals surface area contributed by atoms with E-state index in [2.05, 4.69) is 10.2 Å². The van der Waals surface area contributed by atoms with E-state index in [0.29, 0.717) is 0 Å². The van der Waals surface area contributed by atoms with Gasteiger partial charge in [-0.15, -0.1) is 0 Å². The Morgan fingerprint density at radius 3 is 2.23 bits per heavy atom. The molecule has 1 amide bonds. The minimum Gasteiger partial charge on any atom is -0.389 e. The number of aryl methyl sites for hydroxylation is 1. The molecule has 0 aliphatic carbocycles. The highest BCUT2D eigenvalue weighted by Gasteiger charge is 2.45. The fourth-order valence-corrected chi connectivity index (χ4v) is 3.17. The molecule has 1 unspecified atom stereocenters. The highest BCUT2D eigenvalue weighted by atomic mass is 16.5. The van der Waals surface area contributed by atoms with E-state index in [-0.39, 0.29) is 18.5 Å². The molecule has 30 heavy (non-hydrogen) atoms. The van der Waals surface area contributed by atoms with Gasteiger partial charge in [0.15, 0.2) is 0 Å². The van der Waals surface area contributed by atoms with Gasteiger partial charge in [0, 0.05) is 18.8 Å². The summed E-state index contributed by atoms with van der Waals surface area (Å²) in [4.78, 5) is 26.2. The van der Waals surface area contributed by atoms with Crippen molar-refractivity contribution in [2.75, 3.05) is 0 Å². The topological polar surface area (TPSA) is 122 Å². The molecule has 0 saturated carbocycles. The van der Waals surface area contributed by atoms with E-state index in [1.54, 1.807) is 31.0 Å². The predicted molar refractivity (Wildman–Crippen MR) is 110 cm³/mol. The van der Waals surface area contributed by atoms with Gasteiger partial charge in [0.05, 0.1) is 29.1 Å². The second kappa shape index (κ2) is 8.21. The number of aromatic nitrogens is 4.